The number of rotatable bonds is 8. The number of hydrogen-bond donors (Lipinski definition) is 0. The minimum atomic E-state index is -1.91. The van der Waals surface area contributed by atoms with Gasteiger partial charge in [-0.1, -0.05) is 60.7 Å². The van der Waals surface area contributed by atoms with E-state index in [-0.39, 0.29) is 0 Å². The molecule has 6 aromatic rings. The first-order chi connectivity index (χ1) is 22.1. The molecule has 0 aliphatic carbocycles. The highest BCUT2D eigenvalue weighted by Gasteiger charge is 2.26. The van der Waals surface area contributed by atoms with Crippen molar-refractivity contribution in [2.24, 2.45) is 0 Å². The highest BCUT2D eigenvalue weighted by molar-refractivity contribution is 7.43. The molecule has 4 nitrogen and oxygen atoms in total. The lowest BCUT2D eigenvalue weighted by molar-refractivity contribution is 0.387. The van der Waals surface area contributed by atoms with Crippen molar-refractivity contribution in [3.8, 4) is 34.1 Å². The van der Waals surface area contributed by atoms with Crippen LogP contribution in [0.4, 0.5) is 0 Å². The average molecular weight is 629 g/mol. The monoisotopic (exact) mass is 628 g/mol. The van der Waals surface area contributed by atoms with E-state index in [1.54, 1.807) is 7.11 Å². The Morgan fingerprint density at radius 3 is 1.26 bits per heavy atom. The molecule has 6 aromatic carbocycles. The summed E-state index contributed by atoms with van der Waals surface area (Å²) >= 11 is 0. The van der Waals surface area contributed by atoms with Gasteiger partial charge in [0.05, 0.1) is 7.11 Å². The zero-order valence-corrected chi connectivity index (χ0v) is 29.1. The van der Waals surface area contributed by atoms with Crippen molar-refractivity contribution in [3.63, 3.8) is 0 Å². The van der Waals surface area contributed by atoms with Crippen molar-refractivity contribution in [2.45, 2.75) is 55.4 Å². The van der Waals surface area contributed by atoms with E-state index in [1.807, 2.05) is 24.3 Å². The van der Waals surface area contributed by atoms with Crippen LogP contribution in [0.15, 0.2) is 84.9 Å². The molecule has 0 aromatic heterocycles. The predicted octanol–water partition coefficient (Wildman–Crippen LogP) is 11.9. The van der Waals surface area contributed by atoms with E-state index >= 15 is 0 Å². The molecule has 0 saturated heterocycles. The SMILES string of the molecule is COc1cccc2cccc(-c3cccc4cccc(OP(Oc5cc(C)c(C)c(C)c5C)Oc5cc(C)c(C)c(C)c5C)c34)c12. The van der Waals surface area contributed by atoms with Crippen LogP contribution in [0.25, 0.3) is 32.7 Å². The van der Waals surface area contributed by atoms with E-state index in [0.717, 1.165) is 61.0 Å². The van der Waals surface area contributed by atoms with Gasteiger partial charge in [-0.2, -0.15) is 0 Å². The third kappa shape index (κ3) is 5.67. The fourth-order valence-corrected chi connectivity index (χ4v) is 7.27. The molecular weight excluding hydrogens is 587 g/mol. The highest BCUT2D eigenvalue weighted by atomic mass is 31.2. The van der Waals surface area contributed by atoms with Gasteiger partial charge in [-0.3, -0.25) is 0 Å². The Bertz CT molecular complexity index is 2040. The molecule has 0 atom stereocenters. The molecule has 0 fully saturated rings. The van der Waals surface area contributed by atoms with Gasteiger partial charge >= 0.3 is 8.60 Å². The summed E-state index contributed by atoms with van der Waals surface area (Å²) in [4.78, 5) is 0. The molecule has 0 saturated carbocycles. The molecule has 0 aliphatic rings. The molecule has 0 spiro atoms. The molecule has 6 rings (SSSR count). The van der Waals surface area contributed by atoms with Crippen molar-refractivity contribution in [1.82, 2.24) is 0 Å². The van der Waals surface area contributed by atoms with Crippen LogP contribution in [0.5, 0.6) is 23.0 Å². The summed E-state index contributed by atoms with van der Waals surface area (Å²) in [6.45, 7) is 17.0. The summed E-state index contributed by atoms with van der Waals surface area (Å²) in [6, 6.07) is 29.2. The Balaban J connectivity index is 1.52. The summed E-state index contributed by atoms with van der Waals surface area (Å²) in [7, 11) is -0.194. The minimum absolute atomic E-state index is 0.697. The van der Waals surface area contributed by atoms with E-state index < -0.39 is 8.60 Å². The Morgan fingerprint density at radius 1 is 0.413 bits per heavy atom. The Morgan fingerprint density at radius 2 is 0.804 bits per heavy atom. The molecule has 0 bridgehead atoms. The highest BCUT2D eigenvalue weighted by Crippen LogP contribution is 2.49. The third-order valence-corrected chi connectivity index (χ3v) is 10.7. The molecule has 0 radical (unpaired) electrons. The van der Waals surface area contributed by atoms with Crippen molar-refractivity contribution in [1.29, 1.82) is 0 Å². The van der Waals surface area contributed by atoms with Gasteiger partial charge in [0.2, 0.25) is 0 Å². The lowest BCUT2D eigenvalue weighted by Gasteiger charge is -2.23. The van der Waals surface area contributed by atoms with Crippen LogP contribution in [-0.2, 0) is 0 Å². The van der Waals surface area contributed by atoms with Crippen LogP contribution in [-0.4, -0.2) is 7.11 Å². The Hall–Kier alpha value is -4.53. The molecule has 0 heterocycles. The number of aryl methyl sites for hydroxylation is 2. The first-order valence-corrected chi connectivity index (χ1v) is 16.7. The van der Waals surface area contributed by atoms with Gasteiger partial charge in [0.1, 0.15) is 23.0 Å². The van der Waals surface area contributed by atoms with E-state index in [4.69, 9.17) is 18.3 Å². The quantitative estimate of drug-likeness (QED) is 0.157. The molecule has 0 amide bonds. The molecule has 0 N–H and O–H groups in total. The van der Waals surface area contributed by atoms with Gasteiger partial charge in [-0.25, -0.2) is 0 Å². The van der Waals surface area contributed by atoms with E-state index in [0.29, 0.717) is 5.75 Å². The second-order valence-corrected chi connectivity index (χ2v) is 13.1. The fourth-order valence-electron chi connectivity index (χ4n) is 6.14. The fraction of sp³-hybridized carbons (Fsp3) is 0.220. The number of fused-ring (bicyclic) bond motifs is 2. The number of benzene rings is 6. The zero-order chi connectivity index (χ0) is 32.7. The van der Waals surface area contributed by atoms with Gasteiger partial charge < -0.3 is 18.3 Å². The van der Waals surface area contributed by atoms with Crippen LogP contribution >= 0.6 is 8.60 Å². The molecule has 46 heavy (non-hydrogen) atoms. The lowest BCUT2D eigenvalue weighted by Crippen LogP contribution is -2.06. The molecule has 234 valence electrons. The van der Waals surface area contributed by atoms with Crippen LogP contribution < -0.4 is 18.3 Å². The van der Waals surface area contributed by atoms with Crippen LogP contribution in [0.1, 0.15) is 44.5 Å². The van der Waals surface area contributed by atoms with Crippen LogP contribution in [0.2, 0.25) is 0 Å². The molecular formula is C41H41O4P. The van der Waals surface area contributed by atoms with Gasteiger partial charge in [0.15, 0.2) is 0 Å². The van der Waals surface area contributed by atoms with Gasteiger partial charge in [0, 0.05) is 10.8 Å². The molecule has 0 aliphatic heterocycles. The topological polar surface area (TPSA) is 36.9 Å². The van der Waals surface area contributed by atoms with E-state index in [1.165, 1.54) is 33.4 Å². The summed E-state index contributed by atoms with van der Waals surface area (Å²) in [5.41, 5.74) is 11.6. The molecule has 0 unspecified atom stereocenters. The van der Waals surface area contributed by atoms with E-state index in [2.05, 4.69) is 116 Å². The minimum Gasteiger partial charge on any atom is -0.496 e. The maximum Gasteiger partial charge on any atom is 0.530 e. The zero-order valence-electron chi connectivity index (χ0n) is 28.2. The maximum absolute atomic E-state index is 6.89. The summed E-state index contributed by atoms with van der Waals surface area (Å²) in [5.74, 6) is 3.06. The van der Waals surface area contributed by atoms with Crippen molar-refractivity contribution in [3.05, 3.63) is 129 Å². The predicted molar refractivity (Wildman–Crippen MR) is 193 cm³/mol. The second kappa shape index (κ2) is 12.7. The average Bonchev–Trinajstić information content (AvgIpc) is 3.06. The number of hydrogen-bond acceptors (Lipinski definition) is 4. The summed E-state index contributed by atoms with van der Waals surface area (Å²) in [5, 5.41) is 4.23. The summed E-state index contributed by atoms with van der Waals surface area (Å²) < 4.78 is 26.2. The van der Waals surface area contributed by atoms with Gasteiger partial charge in [0.25, 0.3) is 0 Å². The molecule has 5 heteroatoms. The lowest BCUT2D eigenvalue weighted by atomic mass is 9.93. The number of ether oxygens (including phenoxy) is 1. The van der Waals surface area contributed by atoms with Gasteiger partial charge in [-0.05, 0) is 146 Å². The second-order valence-electron chi connectivity index (χ2n) is 12.2. The number of methoxy groups -OCH3 is 1. The third-order valence-electron chi connectivity index (χ3n) is 9.63. The largest absolute Gasteiger partial charge is 0.530 e. The van der Waals surface area contributed by atoms with Crippen molar-refractivity contribution in [2.75, 3.05) is 7.11 Å². The Labute approximate surface area is 273 Å². The van der Waals surface area contributed by atoms with Crippen LogP contribution in [0.3, 0.4) is 0 Å². The standard InChI is InChI=1S/C41H41O4P/c1-24-22-38(30(7)28(5)26(24)3)44-46(45-39-23-25(2)27(4)29(6)31(39)8)43-37-21-13-17-33-15-11-19-35(41(33)37)34-18-10-14-32-16-12-20-36(42-9)40(32)34/h10-23H,1-9H3. The smallest absolute Gasteiger partial charge is 0.496 e. The van der Waals surface area contributed by atoms with Crippen LogP contribution in [0, 0.1) is 55.4 Å². The maximum atomic E-state index is 6.89. The van der Waals surface area contributed by atoms with Crippen molar-refractivity contribution >= 4 is 30.1 Å². The van der Waals surface area contributed by atoms with Gasteiger partial charge in [-0.15, -0.1) is 0 Å². The Kier molecular flexibility index (Phi) is 8.68. The first kappa shape index (κ1) is 31.5. The van der Waals surface area contributed by atoms with Crippen molar-refractivity contribution < 1.29 is 18.3 Å². The normalized spacial score (nSPS) is 11.3. The van der Waals surface area contributed by atoms with E-state index in [9.17, 15) is 0 Å². The first-order valence-electron chi connectivity index (χ1n) is 15.7. The summed E-state index contributed by atoms with van der Waals surface area (Å²) in [6.07, 6.45) is 0.